The van der Waals surface area contributed by atoms with Gasteiger partial charge in [0.15, 0.2) is 5.65 Å². The van der Waals surface area contributed by atoms with E-state index >= 15 is 0 Å². The molecule has 0 aliphatic heterocycles. The van der Waals surface area contributed by atoms with E-state index in [9.17, 15) is 9.59 Å². The molecule has 0 aliphatic carbocycles. The number of carbonyl (C=O) groups excluding carboxylic acids is 2. The lowest BCUT2D eigenvalue weighted by Gasteiger charge is -2.18. The van der Waals surface area contributed by atoms with Gasteiger partial charge in [0, 0.05) is 36.6 Å². The number of hydrogen-bond acceptors (Lipinski definition) is 4. The fourth-order valence-corrected chi connectivity index (χ4v) is 2.97. The Morgan fingerprint density at radius 2 is 1.78 bits per heavy atom. The fourth-order valence-electron chi connectivity index (χ4n) is 2.97. The maximum atomic E-state index is 12.6. The molecule has 3 rings (SSSR count). The monoisotopic (exact) mass is 365 g/mol. The summed E-state index contributed by atoms with van der Waals surface area (Å²) in [5, 5.41) is 7.21. The molecule has 140 valence electrons. The van der Waals surface area contributed by atoms with Gasteiger partial charge in [-0.05, 0) is 52.0 Å². The summed E-state index contributed by atoms with van der Waals surface area (Å²) in [7, 11) is 0. The van der Waals surface area contributed by atoms with Crippen LogP contribution in [0.25, 0.3) is 5.65 Å². The van der Waals surface area contributed by atoms with Gasteiger partial charge in [0.25, 0.3) is 11.8 Å². The molecule has 0 spiro atoms. The lowest BCUT2D eigenvalue weighted by atomic mass is 10.1. The van der Waals surface area contributed by atoms with E-state index in [-0.39, 0.29) is 11.8 Å². The van der Waals surface area contributed by atoms with Crippen LogP contribution in [0.1, 0.15) is 46.0 Å². The van der Waals surface area contributed by atoms with Crippen LogP contribution in [0.3, 0.4) is 0 Å². The van der Waals surface area contributed by atoms with E-state index in [4.69, 9.17) is 0 Å². The third kappa shape index (κ3) is 3.67. The molecule has 7 heteroatoms. The molecule has 0 saturated carbocycles. The smallest absolute Gasteiger partial charge is 0.259 e. The molecule has 0 atom stereocenters. The van der Waals surface area contributed by atoms with Crippen LogP contribution < -0.4 is 5.32 Å². The number of amides is 2. The molecule has 1 aromatic carbocycles. The van der Waals surface area contributed by atoms with Crippen molar-refractivity contribution in [3.63, 3.8) is 0 Å². The molecular formula is C20H23N5O2. The highest BCUT2D eigenvalue weighted by Crippen LogP contribution is 2.15. The van der Waals surface area contributed by atoms with Crippen molar-refractivity contribution in [1.82, 2.24) is 19.5 Å². The van der Waals surface area contributed by atoms with Crippen LogP contribution in [0.15, 0.2) is 36.5 Å². The zero-order valence-corrected chi connectivity index (χ0v) is 16.0. The number of nitrogens with one attached hydrogen (secondary N) is 1. The van der Waals surface area contributed by atoms with Crippen LogP contribution in [-0.4, -0.2) is 44.4 Å². The molecule has 0 fully saturated rings. The molecule has 2 amide bonds. The van der Waals surface area contributed by atoms with E-state index in [0.29, 0.717) is 35.6 Å². The largest absolute Gasteiger partial charge is 0.339 e. The van der Waals surface area contributed by atoms with Gasteiger partial charge < -0.3 is 10.2 Å². The maximum Gasteiger partial charge on any atom is 0.259 e. The second-order valence-corrected chi connectivity index (χ2v) is 6.32. The minimum absolute atomic E-state index is 0.0163. The summed E-state index contributed by atoms with van der Waals surface area (Å²) in [6.45, 7) is 8.94. The van der Waals surface area contributed by atoms with Crippen molar-refractivity contribution in [2.24, 2.45) is 0 Å². The van der Waals surface area contributed by atoms with Gasteiger partial charge in [-0.2, -0.15) is 5.10 Å². The van der Waals surface area contributed by atoms with Crippen molar-refractivity contribution < 1.29 is 9.59 Å². The lowest BCUT2D eigenvalue weighted by Crippen LogP contribution is -2.30. The van der Waals surface area contributed by atoms with Gasteiger partial charge in [0.2, 0.25) is 0 Å². The first-order valence-electron chi connectivity index (χ1n) is 8.97. The van der Waals surface area contributed by atoms with Gasteiger partial charge in [0.05, 0.1) is 17.0 Å². The summed E-state index contributed by atoms with van der Waals surface area (Å²) in [5.41, 5.74) is 3.94. The summed E-state index contributed by atoms with van der Waals surface area (Å²) in [6, 6.07) is 8.77. The average Bonchev–Trinajstić information content (AvgIpc) is 3.05. The minimum atomic E-state index is -0.266. The summed E-state index contributed by atoms with van der Waals surface area (Å²) >= 11 is 0. The topological polar surface area (TPSA) is 79.6 Å². The van der Waals surface area contributed by atoms with E-state index < -0.39 is 0 Å². The number of aryl methyl sites for hydroxylation is 2. The van der Waals surface area contributed by atoms with Crippen LogP contribution in [0.5, 0.6) is 0 Å². The Hall–Kier alpha value is -3.22. The number of anilines is 1. The first-order valence-corrected chi connectivity index (χ1v) is 8.97. The molecule has 3 aromatic rings. The van der Waals surface area contributed by atoms with Crippen LogP contribution >= 0.6 is 0 Å². The number of carbonyl (C=O) groups is 2. The third-order valence-corrected chi connectivity index (χ3v) is 4.53. The molecule has 27 heavy (non-hydrogen) atoms. The van der Waals surface area contributed by atoms with E-state index in [2.05, 4.69) is 15.4 Å². The molecule has 1 N–H and O–H groups in total. The third-order valence-electron chi connectivity index (χ3n) is 4.53. The molecule has 0 radical (unpaired) electrons. The van der Waals surface area contributed by atoms with Crippen molar-refractivity contribution >= 4 is 23.1 Å². The van der Waals surface area contributed by atoms with Gasteiger partial charge in [-0.15, -0.1) is 0 Å². The van der Waals surface area contributed by atoms with Gasteiger partial charge in [-0.25, -0.2) is 9.50 Å². The molecule has 0 bridgehead atoms. The Balaban J connectivity index is 1.78. The van der Waals surface area contributed by atoms with Crippen molar-refractivity contribution in [2.75, 3.05) is 18.4 Å². The molecule has 0 unspecified atom stereocenters. The predicted octanol–water partition coefficient (Wildman–Crippen LogP) is 3.08. The van der Waals surface area contributed by atoms with Gasteiger partial charge in [0.1, 0.15) is 0 Å². The van der Waals surface area contributed by atoms with Gasteiger partial charge >= 0.3 is 0 Å². The fraction of sp³-hybridized carbons (Fsp3) is 0.300. The predicted molar refractivity (Wildman–Crippen MR) is 104 cm³/mol. The van der Waals surface area contributed by atoms with Crippen molar-refractivity contribution in [2.45, 2.75) is 27.7 Å². The molecule has 2 heterocycles. The number of aromatic nitrogens is 3. The SMILES string of the molecule is CCN(CC)C(=O)c1ccc(NC(=O)c2cnc3cc(C)nn3c2C)cc1. The average molecular weight is 365 g/mol. The van der Waals surface area contributed by atoms with Crippen LogP contribution in [0.4, 0.5) is 5.69 Å². The Bertz CT molecular complexity index is 988. The Morgan fingerprint density at radius 3 is 2.41 bits per heavy atom. The Labute approximate surface area is 158 Å². The number of benzene rings is 1. The summed E-state index contributed by atoms with van der Waals surface area (Å²) in [4.78, 5) is 31.0. The van der Waals surface area contributed by atoms with Crippen LogP contribution in [0, 0.1) is 13.8 Å². The summed E-state index contributed by atoms with van der Waals surface area (Å²) in [6.07, 6.45) is 1.55. The highest BCUT2D eigenvalue weighted by molar-refractivity contribution is 6.05. The second-order valence-electron chi connectivity index (χ2n) is 6.32. The van der Waals surface area contributed by atoms with Crippen LogP contribution in [0.2, 0.25) is 0 Å². The Kier molecular flexibility index (Phi) is 5.21. The number of rotatable bonds is 5. The zero-order chi connectivity index (χ0) is 19.6. The molecule has 0 aliphatic rings. The van der Waals surface area contributed by atoms with E-state index in [1.165, 1.54) is 0 Å². The molecule has 0 saturated heterocycles. The highest BCUT2D eigenvalue weighted by Gasteiger charge is 2.15. The zero-order valence-electron chi connectivity index (χ0n) is 16.0. The minimum Gasteiger partial charge on any atom is -0.339 e. The van der Waals surface area contributed by atoms with Crippen molar-refractivity contribution in [3.05, 3.63) is 59.0 Å². The molecule has 2 aromatic heterocycles. The maximum absolute atomic E-state index is 12.6. The van der Waals surface area contributed by atoms with Gasteiger partial charge in [-0.3, -0.25) is 9.59 Å². The first kappa shape index (κ1) is 18.6. The van der Waals surface area contributed by atoms with Crippen molar-refractivity contribution in [1.29, 1.82) is 0 Å². The van der Waals surface area contributed by atoms with Crippen molar-refractivity contribution in [3.8, 4) is 0 Å². The van der Waals surface area contributed by atoms with Crippen LogP contribution in [-0.2, 0) is 0 Å². The normalized spacial score (nSPS) is 10.8. The van der Waals surface area contributed by atoms with E-state index in [0.717, 1.165) is 11.4 Å². The highest BCUT2D eigenvalue weighted by atomic mass is 16.2. The van der Waals surface area contributed by atoms with Gasteiger partial charge in [-0.1, -0.05) is 0 Å². The molecular weight excluding hydrogens is 342 g/mol. The standard InChI is InChI=1S/C20H23N5O2/c1-5-24(6-2)20(27)15-7-9-16(10-8-15)22-19(26)17-12-21-18-11-13(3)23-25(18)14(17)4/h7-12H,5-6H2,1-4H3,(H,22,26). The number of hydrogen-bond donors (Lipinski definition) is 1. The first-order chi connectivity index (χ1) is 12.9. The lowest BCUT2D eigenvalue weighted by molar-refractivity contribution is 0.0773. The summed E-state index contributed by atoms with van der Waals surface area (Å²) < 4.78 is 1.66. The quantitative estimate of drug-likeness (QED) is 0.753. The van der Waals surface area contributed by atoms with E-state index in [1.54, 1.807) is 39.9 Å². The number of fused-ring (bicyclic) bond motifs is 1. The molecule has 7 nitrogen and oxygen atoms in total. The second kappa shape index (κ2) is 7.57. The number of nitrogens with zero attached hydrogens (tertiary/aromatic N) is 4. The summed E-state index contributed by atoms with van der Waals surface area (Å²) in [5.74, 6) is -0.282. The van der Waals surface area contributed by atoms with E-state index in [1.807, 2.05) is 33.8 Å². The Morgan fingerprint density at radius 1 is 1.11 bits per heavy atom.